The first kappa shape index (κ1) is 23.7. The number of nitrogens with zero attached hydrogens (tertiary/aromatic N) is 2. The molecule has 3 rings (SSSR count). The number of hydrogen-bond donors (Lipinski definition) is 3. The van der Waals surface area contributed by atoms with Crippen molar-refractivity contribution in [3.05, 3.63) is 29.7 Å². The van der Waals surface area contributed by atoms with E-state index in [2.05, 4.69) is 15.7 Å². The van der Waals surface area contributed by atoms with Crippen LogP contribution in [0.1, 0.15) is 63.4 Å². The second kappa shape index (κ2) is 9.67. The molecule has 4 N–H and O–H groups in total. The average molecular weight is 446 g/mol. The van der Waals surface area contributed by atoms with Crippen LogP contribution in [0.2, 0.25) is 0 Å². The number of fused-ring (bicyclic) bond motifs is 1. The molecule has 3 amide bonds. The van der Waals surface area contributed by atoms with Crippen molar-refractivity contribution in [1.82, 2.24) is 20.4 Å². The molecule has 1 aromatic heterocycles. The number of rotatable bonds is 7. The van der Waals surface area contributed by atoms with Crippen LogP contribution in [0, 0.1) is 17.2 Å². The van der Waals surface area contributed by atoms with Crippen LogP contribution in [0.25, 0.3) is 10.9 Å². The molecule has 174 valence electrons. The normalized spacial score (nSPS) is 16.0. The molecule has 9 heteroatoms. The number of aromatic nitrogens is 2. The zero-order valence-corrected chi connectivity index (χ0v) is 18.9. The smallest absolute Gasteiger partial charge is 0.273 e. The van der Waals surface area contributed by atoms with E-state index in [1.807, 2.05) is 0 Å². The van der Waals surface area contributed by atoms with Crippen molar-refractivity contribution in [2.75, 3.05) is 6.54 Å². The van der Waals surface area contributed by atoms with Crippen LogP contribution in [-0.4, -0.2) is 40.1 Å². The minimum Gasteiger partial charge on any atom is -0.368 e. The summed E-state index contributed by atoms with van der Waals surface area (Å²) in [7, 11) is 0. The molecular weight excluding hydrogens is 413 g/mol. The van der Waals surface area contributed by atoms with E-state index in [0.717, 1.165) is 12.8 Å². The predicted octanol–water partition coefficient (Wildman–Crippen LogP) is 2.50. The minimum atomic E-state index is -0.923. The highest BCUT2D eigenvalue weighted by atomic mass is 19.1. The third kappa shape index (κ3) is 5.63. The SMILES string of the molecule is CC(C)(C)C(NC(=O)c1nn(CC2CCCCC2)c2cc(F)ccc12)C(=O)NCC(N)=O. The quantitative estimate of drug-likeness (QED) is 0.607. The summed E-state index contributed by atoms with van der Waals surface area (Å²) in [6, 6.07) is 3.31. The van der Waals surface area contributed by atoms with Gasteiger partial charge < -0.3 is 16.4 Å². The zero-order chi connectivity index (χ0) is 23.5. The number of hydrogen-bond acceptors (Lipinski definition) is 4. The molecule has 1 aromatic carbocycles. The van der Waals surface area contributed by atoms with Crippen LogP contribution in [0.5, 0.6) is 0 Å². The number of amides is 3. The highest BCUT2D eigenvalue weighted by Gasteiger charge is 2.34. The second-order valence-corrected chi connectivity index (χ2v) is 9.65. The maximum atomic E-state index is 14.0. The average Bonchev–Trinajstić information content (AvgIpc) is 3.07. The third-order valence-corrected chi connectivity index (χ3v) is 5.93. The van der Waals surface area contributed by atoms with E-state index in [0.29, 0.717) is 23.4 Å². The lowest BCUT2D eigenvalue weighted by atomic mass is 9.86. The van der Waals surface area contributed by atoms with Crippen molar-refractivity contribution in [3.8, 4) is 0 Å². The molecule has 8 nitrogen and oxygen atoms in total. The van der Waals surface area contributed by atoms with Gasteiger partial charge in [0, 0.05) is 11.9 Å². The maximum Gasteiger partial charge on any atom is 0.273 e. The van der Waals surface area contributed by atoms with Gasteiger partial charge in [-0.15, -0.1) is 0 Å². The molecule has 1 unspecified atom stereocenters. The van der Waals surface area contributed by atoms with E-state index in [9.17, 15) is 18.8 Å². The Hall–Kier alpha value is -2.97. The van der Waals surface area contributed by atoms with E-state index in [4.69, 9.17) is 5.73 Å². The van der Waals surface area contributed by atoms with Crippen molar-refractivity contribution in [1.29, 1.82) is 0 Å². The summed E-state index contributed by atoms with van der Waals surface area (Å²) in [5.74, 6) is -1.67. The lowest BCUT2D eigenvalue weighted by Gasteiger charge is -2.30. The number of carbonyl (C=O) groups excluding carboxylic acids is 3. The Labute approximate surface area is 187 Å². The number of nitrogens with one attached hydrogen (secondary N) is 2. The molecule has 0 aliphatic heterocycles. The summed E-state index contributed by atoms with van der Waals surface area (Å²) in [5, 5.41) is 10.3. The summed E-state index contributed by atoms with van der Waals surface area (Å²) in [5.41, 5.74) is 5.18. The second-order valence-electron chi connectivity index (χ2n) is 9.65. The first-order valence-corrected chi connectivity index (χ1v) is 11.1. The van der Waals surface area contributed by atoms with Crippen molar-refractivity contribution >= 4 is 28.6 Å². The van der Waals surface area contributed by atoms with Gasteiger partial charge in [0.05, 0.1) is 12.1 Å². The Balaban J connectivity index is 1.88. The van der Waals surface area contributed by atoms with Crippen molar-refractivity contribution < 1.29 is 18.8 Å². The zero-order valence-electron chi connectivity index (χ0n) is 18.9. The lowest BCUT2D eigenvalue weighted by Crippen LogP contribution is -2.54. The van der Waals surface area contributed by atoms with E-state index in [1.54, 1.807) is 31.5 Å². The first-order valence-electron chi connectivity index (χ1n) is 11.1. The highest BCUT2D eigenvalue weighted by Crippen LogP contribution is 2.28. The van der Waals surface area contributed by atoms with Gasteiger partial charge >= 0.3 is 0 Å². The van der Waals surface area contributed by atoms with Crippen molar-refractivity contribution in [3.63, 3.8) is 0 Å². The summed E-state index contributed by atoms with van der Waals surface area (Å²) >= 11 is 0. The van der Waals surface area contributed by atoms with Gasteiger partial charge in [0.2, 0.25) is 11.8 Å². The summed E-state index contributed by atoms with van der Waals surface area (Å²) in [6.45, 7) is 5.71. The Morgan fingerprint density at radius 3 is 2.53 bits per heavy atom. The van der Waals surface area contributed by atoms with Crippen LogP contribution < -0.4 is 16.4 Å². The van der Waals surface area contributed by atoms with Crippen LogP contribution in [0.3, 0.4) is 0 Å². The lowest BCUT2D eigenvalue weighted by molar-refractivity contribution is -0.128. The summed E-state index contributed by atoms with van der Waals surface area (Å²) < 4.78 is 15.7. The van der Waals surface area contributed by atoms with Gasteiger partial charge in [0.25, 0.3) is 5.91 Å². The van der Waals surface area contributed by atoms with Gasteiger partial charge in [-0.2, -0.15) is 5.10 Å². The van der Waals surface area contributed by atoms with E-state index < -0.39 is 35.0 Å². The standard InChI is InChI=1S/C23H32FN5O3/c1-23(2,3)20(22(32)26-12-18(25)30)27-21(31)19-16-10-9-15(24)11-17(16)29(28-19)13-14-7-5-4-6-8-14/h9-11,14,20H,4-8,12-13H2,1-3H3,(H2,25,30)(H,26,32)(H,27,31). The molecule has 1 aliphatic carbocycles. The molecule has 1 heterocycles. The molecule has 0 spiro atoms. The van der Waals surface area contributed by atoms with Crippen molar-refractivity contribution in [2.45, 2.75) is 65.5 Å². The molecular formula is C23H32FN5O3. The molecule has 2 aromatic rings. The Morgan fingerprint density at radius 1 is 1.22 bits per heavy atom. The molecule has 0 saturated heterocycles. The van der Waals surface area contributed by atoms with Crippen molar-refractivity contribution in [2.24, 2.45) is 17.1 Å². The van der Waals surface area contributed by atoms with Crippen LogP contribution >= 0.6 is 0 Å². The monoisotopic (exact) mass is 445 g/mol. The van der Waals surface area contributed by atoms with Gasteiger partial charge in [-0.05, 0) is 42.4 Å². The van der Waals surface area contributed by atoms with Gasteiger partial charge in [0.1, 0.15) is 11.9 Å². The molecule has 1 atom stereocenters. The van der Waals surface area contributed by atoms with E-state index in [1.165, 1.54) is 31.4 Å². The van der Waals surface area contributed by atoms with Gasteiger partial charge in [-0.1, -0.05) is 40.0 Å². The van der Waals surface area contributed by atoms with Crippen LogP contribution in [0.4, 0.5) is 4.39 Å². The fourth-order valence-corrected chi connectivity index (χ4v) is 4.22. The van der Waals surface area contributed by atoms with E-state index >= 15 is 0 Å². The fraction of sp³-hybridized carbons (Fsp3) is 0.565. The van der Waals surface area contributed by atoms with Gasteiger partial charge in [0.15, 0.2) is 5.69 Å². The molecule has 0 bridgehead atoms. The molecule has 32 heavy (non-hydrogen) atoms. The first-order chi connectivity index (χ1) is 15.1. The predicted molar refractivity (Wildman–Crippen MR) is 119 cm³/mol. The maximum absolute atomic E-state index is 14.0. The van der Waals surface area contributed by atoms with Crippen LogP contribution in [0.15, 0.2) is 18.2 Å². The molecule has 1 aliphatic rings. The Bertz CT molecular complexity index is 1000. The highest BCUT2D eigenvalue weighted by molar-refractivity contribution is 6.06. The third-order valence-electron chi connectivity index (χ3n) is 5.93. The number of benzene rings is 1. The topological polar surface area (TPSA) is 119 Å². The Kier molecular flexibility index (Phi) is 7.16. The number of carbonyl (C=O) groups is 3. The number of halogens is 1. The van der Waals surface area contributed by atoms with Crippen LogP contribution in [-0.2, 0) is 16.1 Å². The minimum absolute atomic E-state index is 0.146. The van der Waals surface area contributed by atoms with Gasteiger partial charge in [-0.25, -0.2) is 4.39 Å². The number of nitrogens with two attached hydrogens (primary N) is 1. The fourth-order valence-electron chi connectivity index (χ4n) is 4.22. The summed E-state index contributed by atoms with van der Waals surface area (Å²) in [6.07, 6.45) is 5.73. The Morgan fingerprint density at radius 2 is 1.91 bits per heavy atom. The van der Waals surface area contributed by atoms with Gasteiger partial charge in [-0.3, -0.25) is 19.1 Å². The molecule has 1 fully saturated rings. The summed E-state index contributed by atoms with van der Waals surface area (Å²) in [4.78, 5) is 36.9. The molecule has 1 saturated carbocycles. The largest absolute Gasteiger partial charge is 0.368 e. The van der Waals surface area contributed by atoms with E-state index in [-0.39, 0.29) is 12.2 Å². The molecule has 0 radical (unpaired) electrons. The number of primary amides is 1.